The molecule has 0 N–H and O–H groups in total. The molecule has 1 aliphatic carbocycles. The van der Waals surface area contributed by atoms with E-state index in [-0.39, 0.29) is 12.5 Å². The SMILES string of the molecule is O=C1CN=C(c2cccs2)c2c(sc3c2CCCC3)N1Cc1cccnc1. The second-order valence-corrected chi connectivity index (χ2v) is 8.91. The lowest BCUT2D eigenvalue weighted by Gasteiger charge is -2.20. The number of hydrogen-bond acceptors (Lipinski definition) is 5. The van der Waals surface area contributed by atoms with Crippen molar-refractivity contribution >= 4 is 39.3 Å². The second kappa shape index (κ2) is 7.02. The lowest BCUT2D eigenvalue weighted by Crippen LogP contribution is -2.31. The zero-order valence-corrected chi connectivity index (χ0v) is 16.5. The third-order valence-electron chi connectivity index (χ3n) is 5.13. The average Bonchev–Trinajstić information content (AvgIpc) is 3.33. The topological polar surface area (TPSA) is 45.6 Å². The maximum atomic E-state index is 13.0. The van der Waals surface area contributed by atoms with Crippen molar-refractivity contribution in [3.05, 3.63) is 68.5 Å². The highest BCUT2D eigenvalue weighted by molar-refractivity contribution is 7.17. The number of hydrogen-bond donors (Lipinski definition) is 0. The van der Waals surface area contributed by atoms with Gasteiger partial charge in [-0.3, -0.25) is 19.7 Å². The molecule has 136 valence electrons. The fourth-order valence-electron chi connectivity index (χ4n) is 3.86. The largest absolute Gasteiger partial charge is 0.297 e. The number of anilines is 1. The van der Waals surface area contributed by atoms with E-state index in [4.69, 9.17) is 4.99 Å². The molecule has 3 aromatic rings. The van der Waals surface area contributed by atoms with Gasteiger partial charge in [-0.1, -0.05) is 12.1 Å². The first-order valence-electron chi connectivity index (χ1n) is 9.24. The van der Waals surface area contributed by atoms with Crippen LogP contribution in [0, 0.1) is 0 Å². The molecule has 5 rings (SSSR count). The number of carbonyl (C=O) groups excluding carboxylic acids is 1. The van der Waals surface area contributed by atoms with Crippen LogP contribution in [0.1, 0.15) is 39.3 Å². The molecule has 4 nitrogen and oxygen atoms in total. The van der Waals surface area contributed by atoms with Gasteiger partial charge in [0.25, 0.3) is 0 Å². The number of amides is 1. The number of rotatable bonds is 3. The lowest BCUT2D eigenvalue weighted by atomic mass is 9.93. The quantitative estimate of drug-likeness (QED) is 0.659. The summed E-state index contributed by atoms with van der Waals surface area (Å²) in [6, 6.07) is 8.12. The van der Waals surface area contributed by atoms with Crippen LogP contribution in [0.4, 0.5) is 5.00 Å². The summed E-state index contributed by atoms with van der Waals surface area (Å²) in [6.07, 6.45) is 8.24. The fraction of sp³-hybridized carbons (Fsp3) is 0.286. The Labute approximate surface area is 166 Å². The molecule has 0 atom stereocenters. The van der Waals surface area contributed by atoms with Gasteiger partial charge in [0.15, 0.2) is 0 Å². The summed E-state index contributed by atoms with van der Waals surface area (Å²) < 4.78 is 0. The van der Waals surface area contributed by atoms with Gasteiger partial charge in [0.2, 0.25) is 5.91 Å². The molecule has 0 radical (unpaired) electrons. The van der Waals surface area contributed by atoms with E-state index in [0.717, 1.165) is 34.0 Å². The first kappa shape index (κ1) is 16.8. The van der Waals surface area contributed by atoms with E-state index in [1.807, 2.05) is 23.2 Å². The predicted octanol–water partition coefficient (Wildman–Crippen LogP) is 4.47. The molecule has 2 aliphatic rings. The molecule has 0 bridgehead atoms. The van der Waals surface area contributed by atoms with Gasteiger partial charge >= 0.3 is 0 Å². The van der Waals surface area contributed by atoms with Gasteiger partial charge < -0.3 is 0 Å². The molecular weight excluding hydrogens is 374 g/mol. The van der Waals surface area contributed by atoms with Crippen LogP contribution in [-0.2, 0) is 24.2 Å². The van der Waals surface area contributed by atoms with Crippen molar-refractivity contribution in [1.82, 2.24) is 4.98 Å². The molecule has 6 heteroatoms. The van der Waals surface area contributed by atoms with E-state index in [0.29, 0.717) is 6.54 Å². The van der Waals surface area contributed by atoms with Gasteiger partial charge in [0.05, 0.1) is 17.1 Å². The zero-order valence-electron chi connectivity index (χ0n) is 14.9. The van der Waals surface area contributed by atoms with Gasteiger partial charge in [0.1, 0.15) is 11.5 Å². The smallest absolute Gasteiger partial charge is 0.249 e. The zero-order chi connectivity index (χ0) is 18.2. The van der Waals surface area contributed by atoms with Gasteiger partial charge in [-0.2, -0.15) is 0 Å². The summed E-state index contributed by atoms with van der Waals surface area (Å²) in [6.45, 7) is 0.746. The van der Waals surface area contributed by atoms with E-state index in [1.165, 1.54) is 28.8 Å². The molecular formula is C21H19N3OS2. The number of thiophene rings is 2. The van der Waals surface area contributed by atoms with Gasteiger partial charge in [-0.05, 0) is 54.3 Å². The lowest BCUT2D eigenvalue weighted by molar-refractivity contribution is -0.117. The first-order valence-corrected chi connectivity index (χ1v) is 10.9. The highest BCUT2D eigenvalue weighted by Gasteiger charge is 2.32. The Morgan fingerprint density at radius 3 is 2.89 bits per heavy atom. The summed E-state index contributed by atoms with van der Waals surface area (Å²) in [5, 5.41) is 3.15. The fourth-order valence-corrected chi connectivity index (χ4v) is 6.00. The van der Waals surface area contributed by atoms with Gasteiger partial charge in [-0.15, -0.1) is 22.7 Å². The van der Waals surface area contributed by atoms with Crippen molar-refractivity contribution in [3.8, 4) is 0 Å². The van der Waals surface area contributed by atoms with E-state index < -0.39 is 0 Å². The summed E-state index contributed by atoms with van der Waals surface area (Å²) in [5.41, 5.74) is 4.66. The highest BCUT2D eigenvalue weighted by atomic mass is 32.1. The monoisotopic (exact) mass is 393 g/mol. The normalized spacial score (nSPS) is 16.5. The number of fused-ring (bicyclic) bond motifs is 3. The number of aliphatic imine (C=N–C) groups is 1. The molecule has 0 saturated carbocycles. The Morgan fingerprint density at radius 1 is 1.15 bits per heavy atom. The van der Waals surface area contributed by atoms with Crippen LogP contribution in [0.5, 0.6) is 0 Å². The Hall–Kier alpha value is -2.31. The van der Waals surface area contributed by atoms with Crippen LogP contribution in [0.15, 0.2) is 47.0 Å². The standard InChI is InChI=1S/C21H19N3OS2/c25-18-12-23-20(17-8-4-10-26-17)19-15-6-1-2-7-16(15)27-21(19)24(18)13-14-5-3-9-22-11-14/h3-5,8-11H,1-2,6-7,12-13H2. The Morgan fingerprint density at radius 2 is 2.07 bits per heavy atom. The molecule has 0 aromatic carbocycles. The maximum absolute atomic E-state index is 13.0. The molecule has 3 aromatic heterocycles. The van der Waals surface area contributed by atoms with Crippen molar-refractivity contribution in [2.24, 2.45) is 4.99 Å². The number of pyridine rings is 1. The number of aryl methyl sites for hydroxylation is 1. The van der Waals surface area contributed by atoms with Crippen molar-refractivity contribution in [2.75, 3.05) is 11.4 Å². The van der Waals surface area contributed by atoms with Crippen molar-refractivity contribution in [2.45, 2.75) is 32.2 Å². The molecule has 0 saturated heterocycles. The van der Waals surface area contributed by atoms with Crippen LogP contribution in [0.25, 0.3) is 0 Å². The number of carbonyl (C=O) groups is 1. The third-order valence-corrected chi connectivity index (χ3v) is 7.32. The van der Waals surface area contributed by atoms with Crippen LogP contribution >= 0.6 is 22.7 Å². The minimum atomic E-state index is 0.0604. The Bertz CT molecular complexity index is 1010. The Balaban J connectivity index is 1.66. The van der Waals surface area contributed by atoms with Crippen molar-refractivity contribution in [1.29, 1.82) is 0 Å². The van der Waals surface area contributed by atoms with E-state index >= 15 is 0 Å². The van der Waals surface area contributed by atoms with Crippen LogP contribution in [0.3, 0.4) is 0 Å². The average molecular weight is 394 g/mol. The van der Waals surface area contributed by atoms with Crippen molar-refractivity contribution in [3.63, 3.8) is 0 Å². The predicted molar refractivity (Wildman–Crippen MR) is 111 cm³/mol. The van der Waals surface area contributed by atoms with Crippen molar-refractivity contribution < 1.29 is 4.79 Å². The summed E-state index contributed by atoms with van der Waals surface area (Å²) in [4.78, 5) is 26.5. The Kier molecular flexibility index (Phi) is 4.38. The molecule has 27 heavy (non-hydrogen) atoms. The third kappa shape index (κ3) is 3.03. The highest BCUT2D eigenvalue weighted by Crippen LogP contribution is 2.43. The van der Waals surface area contributed by atoms with Crippen LogP contribution in [-0.4, -0.2) is 23.1 Å². The molecule has 0 fully saturated rings. The molecule has 0 spiro atoms. The minimum absolute atomic E-state index is 0.0604. The second-order valence-electron chi connectivity index (χ2n) is 6.87. The number of aromatic nitrogens is 1. The molecule has 1 amide bonds. The minimum Gasteiger partial charge on any atom is -0.297 e. The van der Waals surface area contributed by atoms with Gasteiger partial charge in [0, 0.05) is 22.8 Å². The van der Waals surface area contributed by atoms with Crippen LogP contribution in [0.2, 0.25) is 0 Å². The number of nitrogens with zero attached hydrogens (tertiary/aromatic N) is 3. The van der Waals surface area contributed by atoms with E-state index in [9.17, 15) is 4.79 Å². The van der Waals surface area contributed by atoms with Crippen LogP contribution < -0.4 is 4.90 Å². The first-order chi connectivity index (χ1) is 13.3. The summed E-state index contributed by atoms with van der Waals surface area (Å²) in [7, 11) is 0. The molecule has 4 heterocycles. The summed E-state index contributed by atoms with van der Waals surface area (Å²) >= 11 is 3.49. The van der Waals surface area contributed by atoms with E-state index in [2.05, 4.69) is 22.5 Å². The summed E-state index contributed by atoms with van der Waals surface area (Å²) in [5.74, 6) is 0.0604. The van der Waals surface area contributed by atoms with E-state index in [1.54, 1.807) is 28.9 Å². The van der Waals surface area contributed by atoms with Gasteiger partial charge in [-0.25, -0.2) is 0 Å². The molecule has 0 unspecified atom stereocenters. The molecule has 1 aliphatic heterocycles. The maximum Gasteiger partial charge on any atom is 0.249 e.